The maximum absolute atomic E-state index is 5.74. The zero-order valence-electron chi connectivity index (χ0n) is 5.15. The first-order valence-corrected chi connectivity index (χ1v) is 2.92. The molecular formula is C7H11N. The summed E-state index contributed by atoms with van der Waals surface area (Å²) in [6.07, 6.45) is 6.08. The topological polar surface area (TPSA) is 26.0 Å². The maximum Gasteiger partial charge on any atom is 0.0388 e. The van der Waals surface area contributed by atoms with Crippen LogP contribution < -0.4 is 5.73 Å². The number of nitrogens with two attached hydrogens (primary N) is 1. The fraction of sp³-hybridized carbons (Fsp3) is 0.571. The second-order valence-corrected chi connectivity index (χ2v) is 2.56. The lowest BCUT2D eigenvalue weighted by atomic mass is 9.94. The van der Waals surface area contributed by atoms with Gasteiger partial charge in [-0.3, -0.25) is 0 Å². The zero-order chi connectivity index (χ0) is 6.04. The normalized spacial score (nSPS) is 35.8. The maximum atomic E-state index is 5.74. The molecule has 1 aliphatic rings. The van der Waals surface area contributed by atoms with Crippen molar-refractivity contribution < 1.29 is 0 Å². The van der Waals surface area contributed by atoms with Crippen LogP contribution in [0.2, 0.25) is 0 Å². The molecular weight excluding hydrogens is 98.1 g/mol. The van der Waals surface area contributed by atoms with Crippen LogP contribution >= 0.6 is 0 Å². The summed E-state index contributed by atoms with van der Waals surface area (Å²) in [5.74, 6) is 0. The smallest absolute Gasteiger partial charge is 0.0388 e. The van der Waals surface area contributed by atoms with Crippen LogP contribution in [-0.4, -0.2) is 5.54 Å². The quantitative estimate of drug-likeness (QED) is 0.465. The van der Waals surface area contributed by atoms with Crippen LogP contribution in [0.15, 0.2) is 17.9 Å². The van der Waals surface area contributed by atoms with Gasteiger partial charge in [-0.25, -0.2) is 0 Å². The van der Waals surface area contributed by atoms with Gasteiger partial charge in [0, 0.05) is 5.54 Å². The van der Waals surface area contributed by atoms with E-state index in [0.717, 1.165) is 12.8 Å². The first-order valence-electron chi connectivity index (χ1n) is 2.92. The highest BCUT2D eigenvalue weighted by atomic mass is 14.7. The van der Waals surface area contributed by atoms with Crippen LogP contribution in [0, 0.1) is 0 Å². The van der Waals surface area contributed by atoms with Gasteiger partial charge in [0.05, 0.1) is 0 Å². The fourth-order valence-electron chi connectivity index (χ4n) is 0.788. The van der Waals surface area contributed by atoms with E-state index in [1.807, 2.05) is 19.1 Å². The summed E-state index contributed by atoms with van der Waals surface area (Å²) in [5.41, 5.74) is 8.65. The molecule has 1 nitrogen and oxygen atoms in total. The highest BCUT2D eigenvalue weighted by Gasteiger charge is 2.13. The van der Waals surface area contributed by atoms with Crippen molar-refractivity contribution >= 4 is 0 Å². The molecule has 1 rings (SSSR count). The summed E-state index contributed by atoms with van der Waals surface area (Å²) in [6.45, 7) is 2.02. The molecule has 0 saturated carbocycles. The second-order valence-electron chi connectivity index (χ2n) is 2.56. The Hall–Kier alpha value is -0.520. The average molecular weight is 109 g/mol. The lowest BCUT2D eigenvalue weighted by Crippen LogP contribution is -2.33. The molecule has 44 valence electrons. The van der Waals surface area contributed by atoms with Crippen molar-refractivity contribution in [2.24, 2.45) is 5.73 Å². The minimum absolute atomic E-state index is 0.0885. The molecule has 2 N–H and O–H groups in total. The summed E-state index contributed by atoms with van der Waals surface area (Å²) in [4.78, 5) is 0. The van der Waals surface area contributed by atoms with Gasteiger partial charge < -0.3 is 5.73 Å². The van der Waals surface area contributed by atoms with E-state index in [-0.39, 0.29) is 5.54 Å². The molecule has 1 unspecified atom stereocenters. The van der Waals surface area contributed by atoms with Crippen molar-refractivity contribution in [1.82, 2.24) is 0 Å². The fourth-order valence-corrected chi connectivity index (χ4v) is 0.788. The van der Waals surface area contributed by atoms with E-state index in [4.69, 9.17) is 5.73 Å². The highest BCUT2D eigenvalue weighted by molar-refractivity contribution is 5.06. The van der Waals surface area contributed by atoms with Crippen LogP contribution in [0.1, 0.15) is 19.8 Å². The minimum atomic E-state index is -0.0885. The SMILES string of the molecule is CC1(N)C=C=CCC1. The van der Waals surface area contributed by atoms with Crippen molar-refractivity contribution in [3.05, 3.63) is 17.9 Å². The Morgan fingerprint density at radius 3 is 2.75 bits per heavy atom. The molecule has 0 aliphatic heterocycles. The molecule has 1 heteroatoms. The standard InChI is InChI=1S/C7H11N/c1-7(8)5-3-2-4-6-7/h2,6H,3,5,8H2,1H3. The summed E-state index contributed by atoms with van der Waals surface area (Å²) in [6, 6.07) is 0. The van der Waals surface area contributed by atoms with Crippen molar-refractivity contribution in [3.63, 3.8) is 0 Å². The van der Waals surface area contributed by atoms with Crippen molar-refractivity contribution in [2.75, 3.05) is 0 Å². The average Bonchev–Trinajstić information content (AvgIpc) is 1.65. The van der Waals surface area contributed by atoms with E-state index < -0.39 is 0 Å². The number of hydrogen-bond donors (Lipinski definition) is 1. The molecule has 0 aromatic rings. The Morgan fingerprint density at radius 2 is 2.50 bits per heavy atom. The monoisotopic (exact) mass is 109 g/mol. The van der Waals surface area contributed by atoms with Gasteiger partial charge in [-0.1, -0.05) is 0 Å². The number of hydrogen-bond acceptors (Lipinski definition) is 1. The first kappa shape index (κ1) is 5.61. The van der Waals surface area contributed by atoms with E-state index in [9.17, 15) is 0 Å². The third kappa shape index (κ3) is 1.22. The summed E-state index contributed by atoms with van der Waals surface area (Å²) < 4.78 is 0. The summed E-state index contributed by atoms with van der Waals surface area (Å²) in [5, 5.41) is 0. The Labute approximate surface area is 49.9 Å². The molecule has 0 aromatic heterocycles. The Morgan fingerprint density at radius 1 is 1.75 bits per heavy atom. The molecule has 0 fully saturated rings. The van der Waals surface area contributed by atoms with Crippen molar-refractivity contribution in [1.29, 1.82) is 0 Å². The van der Waals surface area contributed by atoms with Gasteiger partial charge in [0.1, 0.15) is 0 Å². The Balaban J connectivity index is 2.74. The zero-order valence-corrected chi connectivity index (χ0v) is 5.15. The van der Waals surface area contributed by atoms with Gasteiger partial charge >= 0.3 is 0 Å². The van der Waals surface area contributed by atoms with Gasteiger partial charge in [-0.2, -0.15) is 0 Å². The molecule has 0 amide bonds. The molecule has 0 saturated heterocycles. The second kappa shape index (κ2) is 1.77. The third-order valence-electron chi connectivity index (χ3n) is 1.36. The summed E-state index contributed by atoms with van der Waals surface area (Å²) >= 11 is 0. The van der Waals surface area contributed by atoms with E-state index in [1.54, 1.807) is 0 Å². The third-order valence-corrected chi connectivity index (χ3v) is 1.36. The molecule has 0 bridgehead atoms. The van der Waals surface area contributed by atoms with Crippen molar-refractivity contribution in [3.8, 4) is 0 Å². The van der Waals surface area contributed by atoms with E-state index >= 15 is 0 Å². The molecule has 1 atom stereocenters. The van der Waals surface area contributed by atoms with Crippen LogP contribution in [0.4, 0.5) is 0 Å². The predicted molar refractivity (Wildman–Crippen MR) is 34.5 cm³/mol. The van der Waals surface area contributed by atoms with Gasteiger partial charge in [0.2, 0.25) is 0 Å². The van der Waals surface area contributed by atoms with Crippen LogP contribution in [0.5, 0.6) is 0 Å². The molecule has 1 aliphatic carbocycles. The lowest BCUT2D eigenvalue weighted by Gasteiger charge is -2.19. The van der Waals surface area contributed by atoms with Gasteiger partial charge in [-0.15, -0.1) is 5.73 Å². The summed E-state index contributed by atoms with van der Waals surface area (Å²) in [7, 11) is 0. The number of rotatable bonds is 0. The molecule has 0 spiro atoms. The van der Waals surface area contributed by atoms with E-state index in [0.29, 0.717) is 0 Å². The lowest BCUT2D eigenvalue weighted by molar-refractivity contribution is 0.532. The molecule has 0 radical (unpaired) electrons. The van der Waals surface area contributed by atoms with Gasteiger partial charge in [-0.05, 0) is 31.9 Å². The van der Waals surface area contributed by atoms with Crippen LogP contribution in [-0.2, 0) is 0 Å². The van der Waals surface area contributed by atoms with Crippen molar-refractivity contribution in [2.45, 2.75) is 25.3 Å². The molecule has 8 heavy (non-hydrogen) atoms. The Bertz CT molecular complexity index is 138. The Kier molecular flexibility index (Phi) is 1.24. The molecule has 0 heterocycles. The van der Waals surface area contributed by atoms with E-state index in [2.05, 4.69) is 5.73 Å². The highest BCUT2D eigenvalue weighted by Crippen LogP contribution is 2.13. The van der Waals surface area contributed by atoms with Crippen LogP contribution in [0.3, 0.4) is 0 Å². The molecule has 0 aromatic carbocycles. The minimum Gasteiger partial charge on any atom is -0.322 e. The largest absolute Gasteiger partial charge is 0.322 e. The van der Waals surface area contributed by atoms with Gasteiger partial charge in [0.15, 0.2) is 0 Å². The van der Waals surface area contributed by atoms with Gasteiger partial charge in [0.25, 0.3) is 0 Å². The van der Waals surface area contributed by atoms with E-state index in [1.165, 1.54) is 0 Å². The van der Waals surface area contributed by atoms with Crippen LogP contribution in [0.25, 0.3) is 0 Å². The first-order chi connectivity index (χ1) is 3.71. The predicted octanol–water partition coefficient (Wildman–Crippen LogP) is 1.21.